The van der Waals surface area contributed by atoms with E-state index in [2.05, 4.69) is 11.0 Å². The van der Waals surface area contributed by atoms with Gasteiger partial charge in [-0.15, -0.1) is 0 Å². The smallest absolute Gasteiger partial charge is 0.303 e. The van der Waals surface area contributed by atoms with E-state index in [0.717, 1.165) is 60.5 Å². The summed E-state index contributed by atoms with van der Waals surface area (Å²) >= 11 is 0. The molecular weight excluding hydrogens is 481 g/mol. The fourth-order valence-corrected chi connectivity index (χ4v) is 5.57. The van der Waals surface area contributed by atoms with Crippen LogP contribution in [0.1, 0.15) is 61.1 Å². The predicted octanol–water partition coefficient (Wildman–Crippen LogP) is 7.03. The lowest BCUT2D eigenvalue weighted by atomic mass is 9.91. The minimum absolute atomic E-state index is 0.0317. The zero-order valence-electron chi connectivity index (χ0n) is 22.0. The Morgan fingerprint density at radius 2 is 1.82 bits per heavy atom. The van der Waals surface area contributed by atoms with Crippen molar-refractivity contribution < 1.29 is 23.8 Å². The van der Waals surface area contributed by atoms with E-state index in [1.54, 1.807) is 19.2 Å². The summed E-state index contributed by atoms with van der Waals surface area (Å²) in [6.07, 6.45) is 5.95. The quantitative estimate of drug-likeness (QED) is 0.296. The molecule has 0 unspecified atom stereocenters. The Balaban J connectivity index is 1.37. The van der Waals surface area contributed by atoms with Crippen LogP contribution in [0.5, 0.6) is 11.5 Å². The molecule has 200 valence electrons. The number of carbonyl (C=O) groups is 1. The summed E-state index contributed by atoms with van der Waals surface area (Å²) in [5.74, 6) is 0.816. The molecule has 0 amide bonds. The van der Waals surface area contributed by atoms with Gasteiger partial charge in [-0.25, -0.2) is 4.39 Å². The zero-order valence-corrected chi connectivity index (χ0v) is 22.0. The van der Waals surface area contributed by atoms with E-state index in [-0.39, 0.29) is 18.2 Å². The van der Waals surface area contributed by atoms with Crippen LogP contribution in [0.4, 0.5) is 4.39 Å². The summed E-state index contributed by atoms with van der Waals surface area (Å²) in [6.45, 7) is 3.23. The van der Waals surface area contributed by atoms with Crippen LogP contribution in [0.2, 0.25) is 0 Å². The van der Waals surface area contributed by atoms with Crippen molar-refractivity contribution >= 4 is 5.97 Å². The Morgan fingerprint density at radius 3 is 2.55 bits per heavy atom. The van der Waals surface area contributed by atoms with Crippen LogP contribution in [0.15, 0.2) is 60.7 Å². The second-order valence-corrected chi connectivity index (χ2v) is 10.6. The van der Waals surface area contributed by atoms with Gasteiger partial charge in [0.1, 0.15) is 23.9 Å². The maximum atomic E-state index is 14.9. The van der Waals surface area contributed by atoms with Crippen LogP contribution in [-0.2, 0) is 17.9 Å². The molecule has 1 saturated heterocycles. The van der Waals surface area contributed by atoms with Crippen LogP contribution in [0.25, 0.3) is 11.1 Å². The van der Waals surface area contributed by atoms with Gasteiger partial charge in [0.15, 0.2) is 0 Å². The number of nitrogens with zero attached hydrogens (tertiary/aromatic N) is 1. The SMILES string of the molecule is COc1ccc(F)c(-c2ccc(COc3cccc([C@H](CC(=O)O)C4CC4)c3)cc2CN2CCCCC2)c1. The summed E-state index contributed by atoms with van der Waals surface area (Å²) in [5.41, 5.74) is 4.53. The molecule has 1 N–H and O–H groups in total. The molecule has 3 aromatic rings. The lowest BCUT2D eigenvalue weighted by Gasteiger charge is -2.27. The van der Waals surface area contributed by atoms with Crippen molar-refractivity contribution in [1.82, 2.24) is 4.90 Å². The third-order valence-electron chi connectivity index (χ3n) is 7.75. The number of rotatable bonds is 11. The van der Waals surface area contributed by atoms with Gasteiger partial charge in [0.25, 0.3) is 0 Å². The van der Waals surface area contributed by atoms with E-state index in [1.165, 1.54) is 25.3 Å². The first-order valence-electron chi connectivity index (χ1n) is 13.6. The van der Waals surface area contributed by atoms with Gasteiger partial charge < -0.3 is 14.6 Å². The van der Waals surface area contributed by atoms with E-state index in [1.807, 2.05) is 36.4 Å². The molecule has 0 bridgehead atoms. The first kappa shape index (κ1) is 26.2. The van der Waals surface area contributed by atoms with Crippen LogP contribution < -0.4 is 9.47 Å². The van der Waals surface area contributed by atoms with Crippen LogP contribution >= 0.6 is 0 Å². The third kappa shape index (κ3) is 6.54. The van der Waals surface area contributed by atoms with Gasteiger partial charge in [-0.05, 0) is 103 Å². The van der Waals surface area contributed by atoms with Crippen molar-refractivity contribution in [2.75, 3.05) is 20.2 Å². The Labute approximate surface area is 224 Å². The highest BCUT2D eigenvalue weighted by molar-refractivity contribution is 5.70. The highest BCUT2D eigenvalue weighted by Gasteiger charge is 2.33. The van der Waals surface area contributed by atoms with Gasteiger partial charge in [0, 0.05) is 12.1 Å². The van der Waals surface area contributed by atoms with E-state index >= 15 is 0 Å². The Bertz CT molecular complexity index is 1270. The summed E-state index contributed by atoms with van der Waals surface area (Å²) in [5, 5.41) is 9.37. The molecule has 1 saturated carbocycles. The molecular formula is C32H36FNO4. The Hall–Kier alpha value is -3.38. The number of aliphatic carboxylic acids is 1. The molecule has 6 heteroatoms. The van der Waals surface area contributed by atoms with E-state index < -0.39 is 5.97 Å². The first-order chi connectivity index (χ1) is 18.5. The molecule has 2 aliphatic rings. The molecule has 1 aliphatic carbocycles. The van der Waals surface area contributed by atoms with E-state index in [9.17, 15) is 14.3 Å². The maximum absolute atomic E-state index is 14.9. The maximum Gasteiger partial charge on any atom is 0.303 e. The molecule has 0 spiro atoms. The normalized spacial score (nSPS) is 16.7. The van der Waals surface area contributed by atoms with E-state index in [0.29, 0.717) is 23.8 Å². The topological polar surface area (TPSA) is 59.0 Å². The monoisotopic (exact) mass is 517 g/mol. The largest absolute Gasteiger partial charge is 0.497 e. The lowest BCUT2D eigenvalue weighted by molar-refractivity contribution is -0.137. The molecule has 1 aliphatic heterocycles. The number of benzene rings is 3. The van der Waals surface area contributed by atoms with Crippen molar-refractivity contribution in [2.24, 2.45) is 5.92 Å². The summed E-state index contributed by atoms with van der Waals surface area (Å²) in [7, 11) is 1.59. The van der Waals surface area contributed by atoms with Crippen molar-refractivity contribution in [3.05, 3.63) is 83.2 Å². The average Bonchev–Trinajstić information content (AvgIpc) is 3.77. The summed E-state index contributed by atoms with van der Waals surface area (Å²) in [4.78, 5) is 13.8. The summed E-state index contributed by atoms with van der Waals surface area (Å²) < 4.78 is 26.5. The van der Waals surface area contributed by atoms with Gasteiger partial charge in [-0.1, -0.05) is 36.8 Å². The van der Waals surface area contributed by atoms with Crippen molar-refractivity contribution in [1.29, 1.82) is 0 Å². The van der Waals surface area contributed by atoms with Gasteiger partial charge >= 0.3 is 5.97 Å². The van der Waals surface area contributed by atoms with Gasteiger partial charge in [0.2, 0.25) is 0 Å². The lowest BCUT2D eigenvalue weighted by Crippen LogP contribution is -2.29. The predicted molar refractivity (Wildman–Crippen MR) is 146 cm³/mol. The number of hydrogen-bond donors (Lipinski definition) is 1. The van der Waals surface area contributed by atoms with Gasteiger partial charge in [-0.2, -0.15) is 0 Å². The number of likely N-dealkylation sites (tertiary alicyclic amines) is 1. The molecule has 1 atom stereocenters. The number of halogens is 1. The minimum Gasteiger partial charge on any atom is -0.497 e. The van der Waals surface area contributed by atoms with Crippen LogP contribution in [-0.4, -0.2) is 36.2 Å². The standard InChI is InChI=1S/C32H36FNO4/c1-37-26-11-13-31(33)30(18-26)28-12-8-22(16-25(28)20-34-14-3-2-4-15-34)21-38-27-7-5-6-24(17-27)29(19-32(35)36)23-9-10-23/h5-8,11-13,16-18,23,29H,2-4,9-10,14-15,19-21H2,1H3,(H,35,36)/t29-/m1/s1. The number of methoxy groups -OCH3 is 1. The molecule has 2 fully saturated rings. The number of carboxylic acids is 1. The van der Waals surface area contributed by atoms with Gasteiger partial charge in [-0.3, -0.25) is 9.69 Å². The number of piperidine rings is 1. The average molecular weight is 518 g/mol. The van der Waals surface area contributed by atoms with Gasteiger partial charge in [0.05, 0.1) is 13.5 Å². The Morgan fingerprint density at radius 1 is 1.00 bits per heavy atom. The van der Waals surface area contributed by atoms with Crippen molar-refractivity contribution in [3.63, 3.8) is 0 Å². The number of ether oxygens (including phenoxy) is 2. The highest BCUT2D eigenvalue weighted by atomic mass is 19.1. The number of carboxylic acid groups (broad SMARTS) is 1. The first-order valence-corrected chi connectivity index (χ1v) is 13.6. The fraction of sp³-hybridized carbons (Fsp3) is 0.406. The number of hydrogen-bond acceptors (Lipinski definition) is 4. The molecule has 0 radical (unpaired) electrons. The second-order valence-electron chi connectivity index (χ2n) is 10.6. The molecule has 5 nitrogen and oxygen atoms in total. The highest BCUT2D eigenvalue weighted by Crippen LogP contribution is 2.45. The van der Waals surface area contributed by atoms with Crippen molar-refractivity contribution in [3.8, 4) is 22.6 Å². The molecule has 38 heavy (non-hydrogen) atoms. The van der Waals surface area contributed by atoms with E-state index in [4.69, 9.17) is 9.47 Å². The van der Waals surface area contributed by atoms with Crippen molar-refractivity contribution in [2.45, 2.75) is 57.6 Å². The molecule has 1 heterocycles. The molecule has 3 aromatic carbocycles. The molecule has 5 rings (SSSR count). The van der Waals surface area contributed by atoms with Crippen LogP contribution in [0.3, 0.4) is 0 Å². The fourth-order valence-electron chi connectivity index (χ4n) is 5.57. The Kier molecular flexibility index (Phi) is 8.28. The third-order valence-corrected chi connectivity index (χ3v) is 7.75. The molecule has 0 aromatic heterocycles. The van der Waals surface area contributed by atoms with Crippen LogP contribution in [0, 0.1) is 11.7 Å². The second kappa shape index (κ2) is 12.0. The minimum atomic E-state index is -0.762. The zero-order chi connectivity index (χ0) is 26.5. The summed E-state index contributed by atoms with van der Waals surface area (Å²) in [6, 6.07) is 18.8.